The molecular formula is C43H37ClN4O6S. The Balaban J connectivity index is 1.16. The predicted octanol–water partition coefficient (Wildman–Crippen LogP) is 8.06. The van der Waals surface area contributed by atoms with Gasteiger partial charge in [0.15, 0.2) is 0 Å². The minimum Gasteiger partial charge on any atom is -0.508 e. The number of anilines is 2. The monoisotopic (exact) mass is 772 g/mol. The Kier molecular flexibility index (Phi) is 8.00. The van der Waals surface area contributed by atoms with Gasteiger partial charge >= 0.3 is 0 Å². The van der Waals surface area contributed by atoms with Crippen molar-refractivity contribution in [1.29, 1.82) is 0 Å². The van der Waals surface area contributed by atoms with Gasteiger partial charge in [0.25, 0.3) is 0 Å². The molecule has 1 saturated carbocycles. The molecule has 12 heteroatoms. The summed E-state index contributed by atoms with van der Waals surface area (Å²) in [5.41, 5.74) is 2.76. The fraction of sp³-hybridized carbons (Fsp3) is 0.279. The summed E-state index contributed by atoms with van der Waals surface area (Å²) in [4.78, 5) is 62.0. The topological polar surface area (TPSA) is 122 Å². The second kappa shape index (κ2) is 12.5. The van der Waals surface area contributed by atoms with Crippen molar-refractivity contribution in [3.05, 3.63) is 107 Å². The number of phenols is 1. The molecule has 9 rings (SSSR count). The van der Waals surface area contributed by atoms with Gasteiger partial charge in [0.05, 0.1) is 40.8 Å². The molecule has 4 amide bonds. The maximum Gasteiger partial charge on any atom is 0.242 e. The van der Waals surface area contributed by atoms with Crippen LogP contribution in [0.15, 0.2) is 85.0 Å². The van der Waals surface area contributed by atoms with E-state index in [4.69, 9.17) is 21.4 Å². The van der Waals surface area contributed by atoms with E-state index in [-0.39, 0.29) is 30.4 Å². The number of benzene rings is 3. The van der Waals surface area contributed by atoms with Gasteiger partial charge in [-0.15, -0.1) is 11.3 Å². The van der Waals surface area contributed by atoms with Crippen molar-refractivity contribution in [2.24, 2.45) is 36.1 Å². The number of phenolic OH excluding ortho intramolecular Hbond substituents is 1. The molecule has 3 fully saturated rings. The highest BCUT2D eigenvalue weighted by Crippen LogP contribution is 2.64. The minimum absolute atomic E-state index is 0.0610. The van der Waals surface area contributed by atoms with Gasteiger partial charge in [-0.05, 0) is 97.7 Å². The van der Waals surface area contributed by atoms with E-state index in [0.717, 1.165) is 31.7 Å². The molecule has 4 heterocycles. The van der Waals surface area contributed by atoms with Crippen LogP contribution in [-0.2, 0) is 26.2 Å². The first-order chi connectivity index (χ1) is 26.4. The van der Waals surface area contributed by atoms with Gasteiger partial charge in [-0.25, -0.2) is 4.90 Å². The summed E-state index contributed by atoms with van der Waals surface area (Å²) in [6.45, 7) is 7.59. The number of carbonyl (C=O) groups is 4. The SMILES string of the molecule is C=Cc1ccc(N2C(=O)[C@H]3[C@H](CC=C4[C@H]3C[C@H]3C(=O)N(c5cc(-c6sc7ccc(Cl)cc7c6C)nn5C)C(=O)[C@@]3(C)[C@H]4c3cc(OC)ccc3O)C2=O)cc1. The first kappa shape index (κ1) is 35.2. The number of hydrogen-bond donors (Lipinski definition) is 1. The Morgan fingerprint density at radius 3 is 2.47 bits per heavy atom. The third kappa shape index (κ3) is 4.95. The van der Waals surface area contributed by atoms with Crippen LogP contribution in [0.5, 0.6) is 11.5 Å². The number of thiophene rings is 1. The largest absolute Gasteiger partial charge is 0.508 e. The smallest absolute Gasteiger partial charge is 0.242 e. The third-order valence-electron chi connectivity index (χ3n) is 12.4. The van der Waals surface area contributed by atoms with Gasteiger partial charge in [-0.2, -0.15) is 5.10 Å². The van der Waals surface area contributed by atoms with Crippen molar-refractivity contribution in [2.75, 3.05) is 16.9 Å². The standard InChI is InChI=1S/C43H37ClN4O6S/c1-6-22-7-10-24(11-8-22)47-39(50)27-14-13-26-29(36(27)41(47)52)19-31-40(51)48(42(53)43(31,3)37(26)30-18-25(54-5)12-15-33(30)49)35-20-32(45-46(35)4)38-21(2)28-17-23(44)9-16-34(28)55-38/h6-13,15-18,20,27,29,31,36-37,49H,1,14,19H2,2-5H3/t27-,29+,31-,36-,37+,43+/m0/s1. The average Bonchev–Trinajstić information content (AvgIpc) is 3.85. The summed E-state index contributed by atoms with van der Waals surface area (Å²) in [5, 5.41) is 17.9. The summed E-state index contributed by atoms with van der Waals surface area (Å²) in [6, 6.07) is 19.4. The van der Waals surface area contributed by atoms with E-state index < -0.39 is 46.8 Å². The zero-order chi connectivity index (χ0) is 38.7. The molecular weight excluding hydrogens is 736 g/mol. The summed E-state index contributed by atoms with van der Waals surface area (Å²) in [5.74, 6) is -4.36. The number of aryl methyl sites for hydroxylation is 2. The van der Waals surface area contributed by atoms with Crippen LogP contribution >= 0.6 is 22.9 Å². The molecule has 2 aliphatic carbocycles. The average molecular weight is 773 g/mol. The normalized spacial score (nSPS) is 26.0. The minimum atomic E-state index is -1.36. The second-order valence-electron chi connectivity index (χ2n) is 15.1. The fourth-order valence-electron chi connectivity index (χ4n) is 9.70. The van der Waals surface area contributed by atoms with E-state index in [2.05, 4.69) is 6.58 Å². The van der Waals surface area contributed by atoms with Crippen LogP contribution in [0, 0.1) is 36.0 Å². The molecule has 2 aliphatic heterocycles. The second-order valence-corrected chi connectivity index (χ2v) is 16.6. The maximum atomic E-state index is 15.1. The van der Waals surface area contributed by atoms with Crippen molar-refractivity contribution in [3.63, 3.8) is 0 Å². The third-order valence-corrected chi connectivity index (χ3v) is 14.0. The van der Waals surface area contributed by atoms with E-state index in [1.54, 1.807) is 78.5 Å². The molecule has 0 unspecified atom stereocenters. The Morgan fingerprint density at radius 2 is 1.75 bits per heavy atom. The first-order valence-electron chi connectivity index (χ1n) is 18.2. The number of nitrogens with zero attached hydrogens (tertiary/aromatic N) is 4. The molecule has 2 saturated heterocycles. The lowest BCUT2D eigenvalue weighted by atomic mass is 9.51. The number of aromatic hydroxyl groups is 1. The number of carbonyl (C=O) groups excluding carboxylic acids is 4. The molecule has 4 aliphatic rings. The van der Waals surface area contributed by atoms with Gasteiger partial charge in [-0.3, -0.25) is 28.8 Å². The highest BCUT2D eigenvalue weighted by molar-refractivity contribution is 7.22. The summed E-state index contributed by atoms with van der Waals surface area (Å²) in [7, 11) is 3.23. The first-order valence-corrected chi connectivity index (χ1v) is 19.3. The lowest BCUT2D eigenvalue weighted by Crippen LogP contribution is -2.49. The Hall–Kier alpha value is -5.52. The van der Waals surface area contributed by atoms with Crippen LogP contribution in [0.4, 0.5) is 11.5 Å². The van der Waals surface area contributed by atoms with Gasteiger partial charge < -0.3 is 9.84 Å². The number of imide groups is 2. The van der Waals surface area contributed by atoms with Crippen LogP contribution in [-0.4, -0.2) is 45.6 Å². The number of allylic oxidation sites excluding steroid dienone is 2. The van der Waals surface area contributed by atoms with Gasteiger partial charge in [-0.1, -0.05) is 48.0 Å². The highest BCUT2D eigenvalue weighted by Gasteiger charge is 2.68. The maximum absolute atomic E-state index is 15.1. The molecule has 278 valence electrons. The Morgan fingerprint density at radius 1 is 0.982 bits per heavy atom. The molecule has 0 spiro atoms. The molecule has 0 radical (unpaired) electrons. The van der Waals surface area contributed by atoms with Crippen molar-refractivity contribution >= 4 is 74.2 Å². The van der Waals surface area contributed by atoms with E-state index in [0.29, 0.717) is 33.5 Å². The van der Waals surface area contributed by atoms with Crippen molar-refractivity contribution in [1.82, 2.24) is 9.78 Å². The van der Waals surface area contributed by atoms with E-state index in [1.807, 2.05) is 31.2 Å². The number of aromatic nitrogens is 2. The van der Waals surface area contributed by atoms with Crippen molar-refractivity contribution in [3.8, 4) is 22.1 Å². The van der Waals surface area contributed by atoms with Crippen molar-refractivity contribution < 1.29 is 29.0 Å². The lowest BCUT2D eigenvalue weighted by molar-refractivity contribution is -0.131. The van der Waals surface area contributed by atoms with Crippen LogP contribution in [0.1, 0.15) is 42.4 Å². The number of amides is 4. The fourth-order valence-corrected chi connectivity index (χ4v) is 11.0. The van der Waals surface area contributed by atoms with E-state index >= 15 is 4.79 Å². The molecule has 10 nitrogen and oxygen atoms in total. The van der Waals surface area contributed by atoms with Gasteiger partial charge in [0, 0.05) is 34.3 Å². The number of rotatable bonds is 6. The summed E-state index contributed by atoms with van der Waals surface area (Å²) < 4.78 is 8.17. The van der Waals surface area contributed by atoms with Crippen molar-refractivity contribution in [2.45, 2.75) is 32.6 Å². The van der Waals surface area contributed by atoms with E-state index in [9.17, 15) is 19.5 Å². The quantitative estimate of drug-likeness (QED) is 0.137. The zero-order valence-corrected chi connectivity index (χ0v) is 32.1. The number of ether oxygens (including phenoxy) is 1. The van der Waals surface area contributed by atoms with Crippen LogP contribution in [0.3, 0.4) is 0 Å². The predicted molar refractivity (Wildman–Crippen MR) is 212 cm³/mol. The molecule has 0 bridgehead atoms. The van der Waals surface area contributed by atoms with Crippen LogP contribution in [0.2, 0.25) is 5.02 Å². The molecule has 1 N–H and O–H groups in total. The van der Waals surface area contributed by atoms with Gasteiger partial charge in [0.2, 0.25) is 23.6 Å². The van der Waals surface area contributed by atoms with Crippen LogP contribution in [0.25, 0.3) is 26.7 Å². The summed E-state index contributed by atoms with van der Waals surface area (Å²) >= 11 is 7.88. The molecule has 2 aromatic heterocycles. The Labute approximate surface area is 326 Å². The number of fused-ring (bicyclic) bond motifs is 5. The molecule has 3 aromatic carbocycles. The van der Waals surface area contributed by atoms with Gasteiger partial charge in [0.1, 0.15) is 23.0 Å². The number of halogens is 1. The molecule has 5 aromatic rings. The van der Waals surface area contributed by atoms with Crippen LogP contribution < -0.4 is 14.5 Å². The highest BCUT2D eigenvalue weighted by atomic mass is 35.5. The zero-order valence-electron chi connectivity index (χ0n) is 30.6. The molecule has 6 atom stereocenters. The lowest BCUT2D eigenvalue weighted by Gasteiger charge is -2.49. The number of hydrogen-bond acceptors (Lipinski definition) is 8. The summed E-state index contributed by atoms with van der Waals surface area (Å²) in [6.07, 6.45) is 4.11. The van der Waals surface area contributed by atoms with E-state index in [1.165, 1.54) is 23.0 Å². The Bertz CT molecular complexity index is 2550. The molecule has 55 heavy (non-hydrogen) atoms. The number of methoxy groups -OCH3 is 1.